The average molecular weight is 461 g/mol. The highest BCUT2D eigenvalue weighted by atomic mass is 79.9. The minimum atomic E-state index is -1.28. The van der Waals surface area contributed by atoms with Crippen LogP contribution in [-0.4, -0.2) is 31.4 Å². The second-order valence-electron chi connectivity index (χ2n) is 6.85. The summed E-state index contributed by atoms with van der Waals surface area (Å²) < 4.78 is 22.2. The van der Waals surface area contributed by atoms with Crippen LogP contribution in [0.25, 0.3) is 6.08 Å². The van der Waals surface area contributed by atoms with Gasteiger partial charge in [0.1, 0.15) is 5.57 Å². The maximum Gasteiger partial charge on any atom is 0.348 e. The molecular weight excluding hydrogens is 440 g/mol. The maximum absolute atomic E-state index is 12.2. The largest absolute Gasteiger partial charge is 0.493 e. The van der Waals surface area contributed by atoms with Crippen molar-refractivity contribution in [2.24, 2.45) is 0 Å². The summed E-state index contributed by atoms with van der Waals surface area (Å²) in [6.45, 7) is 3.47. The Hall–Kier alpha value is -2.80. The van der Waals surface area contributed by atoms with E-state index < -0.39 is 17.7 Å². The Morgan fingerprint density at radius 3 is 2.31 bits per heavy atom. The third-order valence-electron chi connectivity index (χ3n) is 4.19. The zero-order chi connectivity index (χ0) is 21.0. The Morgan fingerprint density at radius 2 is 1.69 bits per heavy atom. The molecule has 3 rings (SSSR count). The number of hydrogen-bond acceptors (Lipinski definition) is 6. The van der Waals surface area contributed by atoms with E-state index in [4.69, 9.17) is 18.9 Å². The third-order valence-corrected chi connectivity index (χ3v) is 4.88. The summed E-state index contributed by atoms with van der Waals surface area (Å²) in [5, 5.41) is 0. The van der Waals surface area contributed by atoms with Crippen LogP contribution in [0.4, 0.5) is 0 Å². The third kappa shape index (κ3) is 5.17. The van der Waals surface area contributed by atoms with Crippen LogP contribution in [0, 0.1) is 0 Å². The first kappa shape index (κ1) is 20.9. The number of hydrogen-bond donors (Lipinski definition) is 0. The van der Waals surface area contributed by atoms with Crippen molar-refractivity contribution in [2.75, 3.05) is 13.7 Å². The van der Waals surface area contributed by atoms with Crippen molar-refractivity contribution in [1.82, 2.24) is 0 Å². The van der Waals surface area contributed by atoms with E-state index in [1.165, 1.54) is 32.6 Å². The number of cyclic esters (lactones) is 2. The van der Waals surface area contributed by atoms with Crippen LogP contribution < -0.4 is 9.47 Å². The summed E-state index contributed by atoms with van der Waals surface area (Å²) in [6.07, 6.45) is 2.15. The summed E-state index contributed by atoms with van der Waals surface area (Å²) in [4.78, 5) is 24.3. The molecule has 1 saturated heterocycles. The van der Waals surface area contributed by atoms with E-state index in [0.29, 0.717) is 28.1 Å². The standard InChI is InChI=1S/C22H21BrO6/c1-22(2)28-20(24)16(21(25)29-22)11-15-12-18(26-3)19(13-17(15)23)27-10-9-14-7-5-4-6-8-14/h4-8,11-13H,9-10H2,1-3H3. The average Bonchev–Trinajstić information content (AvgIpc) is 2.66. The van der Waals surface area contributed by atoms with Gasteiger partial charge in [0.2, 0.25) is 0 Å². The van der Waals surface area contributed by atoms with Gasteiger partial charge < -0.3 is 18.9 Å². The van der Waals surface area contributed by atoms with Gasteiger partial charge in [-0.2, -0.15) is 0 Å². The lowest BCUT2D eigenvalue weighted by molar-refractivity contribution is -0.222. The smallest absolute Gasteiger partial charge is 0.348 e. The van der Waals surface area contributed by atoms with Crippen LogP contribution in [0.2, 0.25) is 0 Å². The molecule has 0 atom stereocenters. The Balaban J connectivity index is 1.79. The van der Waals surface area contributed by atoms with Crippen LogP contribution in [0.3, 0.4) is 0 Å². The summed E-state index contributed by atoms with van der Waals surface area (Å²) >= 11 is 3.45. The second kappa shape index (κ2) is 8.69. The van der Waals surface area contributed by atoms with Gasteiger partial charge in [-0.05, 0) is 29.3 Å². The molecule has 0 saturated carbocycles. The van der Waals surface area contributed by atoms with Crippen molar-refractivity contribution >= 4 is 33.9 Å². The highest BCUT2D eigenvalue weighted by molar-refractivity contribution is 9.10. The molecule has 0 spiro atoms. The van der Waals surface area contributed by atoms with Crippen molar-refractivity contribution in [3.05, 3.63) is 63.6 Å². The summed E-state index contributed by atoms with van der Waals surface area (Å²) in [6, 6.07) is 13.4. The molecule has 0 unspecified atom stereocenters. The molecule has 152 valence electrons. The molecule has 0 radical (unpaired) electrons. The lowest BCUT2D eigenvalue weighted by Crippen LogP contribution is -2.41. The topological polar surface area (TPSA) is 71.1 Å². The first-order valence-electron chi connectivity index (χ1n) is 9.02. The molecule has 2 aromatic carbocycles. The van der Waals surface area contributed by atoms with Gasteiger partial charge >= 0.3 is 11.9 Å². The number of rotatable bonds is 6. The number of esters is 2. The van der Waals surface area contributed by atoms with Gasteiger partial charge in [-0.1, -0.05) is 46.3 Å². The molecule has 2 aromatic rings. The van der Waals surface area contributed by atoms with Crippen LogP contribution in [-0.2, 0) is 25.5 Å². The SMILES string of the molecule is COc1cc(C=C2C(=O)OC(C)(C)OC2=O)c(Br)cc1OCCc1ccccc1. The molecule has 29 heavy (non-hydrogen) atoms. The Labute approximate surface area is 177 Å². The Kier molecular flexibility index (Phi) is 6.27. The molecule has 1 aliphatic heterocycles. The van der Waals surface area contributed by atoms with Crippen LogP contribution in [0.1, 0.15) is 25.0 Å². The highest BCUT2D eigenvalue weighted by Crippen LogP contribution is 2.35. The molecule has 0 aliphatic carbocycles. The van der Waals surface area contributed by atoms with E-state index >= 15 is 0 Å². The number of methoxy groups -OCH3 is 1. The molecular formula is C22H21BrO6. The zero-order valence-electron chi connectivity index (χ0n) is 16.4. The monoisotopic (exact) mass is 460 g/mol. The molecule has 0 aromatic heterocycles. The fraction of sp³-hybridized carbons (Fsp3) is 0.273. The lowest BCUT2D eigenvalue weighted by Gasteiger charge is -2.29. The van der Waals surface area contributed by atoms with Gasteiger partial charge in [-0.25, -0.2) is 9.59 Å². The van der Waals surface area contributed by atoms with Gasteiger partial charge in [0.25, 0.3) is 5.79 Å². The molecule has 1 heterocycles. The van der Waals surface area contributed by atoms with Crippen molar-refractivity contribution in [2.45, 2.75) is 26.1 Å². The van der Waals surface area contributed by atoms with Crippen molar-refractivity contribution in [3.8, 4) is 11.5 Å². The van der Waals surface area contributed by atoms with Gasteiger partial charge in [0, 0.05) is 24.7 Å². The van der Waals surface area contributed by atoms with Crippen LogP contribution in [0.5, 0.6) is 11.5 Å². The summed E-state index contributed by atoms with van der Waals surface area (Å²) in [5.74, 6) is -1.73. The fourth-order valence-corrected chi connectivity index (χ4v) is 3.23. The molecule has 1 fully saturated rings. The number of halogens is 1. The van der Waals surface area contributed by atoms with Gasteiger partial charge in [0.15, 0.2) is 11.5 Å². The predicted octanol–water partition coefficient (Wildman–Crippen LogP) is 4.30. The molecule has 1 aliphatic rings. The minimum absolute atomic E-state index is 0.190. The van der Waals surface area contributed by atoms with Crippen molar-refractivity contribution in [1.29, 1.82) is 0 Å². The number of ether oxygens (including phenoxy) is 4. The van der Waals surface area contributed by atoms with E-state index in [0.717, 1.165) is 6.42 Å². The zero-order valence-corrected chi connectivity index (χ0v) is 17.9. The first-order valence-corrected chi connectivity index (χ1v) is 9.81. The first-order chi connectivity index (χ1) is 13.8. The van der Waals surface area contributed by atoms with E-state index in [1.54, 1.807) is 12.1 Å². The Morgan fingerprint density at radius 1 is 1.03 bits per heavy atom. The van der Waals surface area contributed by atoms with Crippen molar-refractivity contribution < 1.29 is 28.5 Å². The summed E-state index contributed by atoms with van der Waals surface area (Å²) in [7, 11) is 1.52. The van der Waals surface area contributed by atoms with Crippen LogP contribution in [0.15, 0.2) is 52.5 Å². The number of benzene rings is 2. The van der Waals surface area contributed by atoms with Gasteiger partial charge in [0.05, 0.1) is 13.7 Å². The highest BCUT2D eigenvalue weighted by Gasteiger charge is 2.39. The van der Waals surface area contributed by atoms with Gasteiger partial charge in [-0.3, -0.25) is 0 Å². The minimum Gasteiger partial charge on any atom is -0.493 e. The maximum atomic E-state index is 12.2. The number of carbonyl (C=O) groups excluding carboxylic acids is 2. The van der Waals surface area contributed by atoms with E-state index in [9.17, 15) is 9.59 Å². The fourth-order valence-electron chi connectivity index (χ4n) is 2.79. The molecule has 0 bridgehead atoms. The van der Waals surface area contributed by atoms with Crippen LogP contribution >= 0.6 is 15.9 Å². The second-order valence-corrected chi connectivity index (χ2v) is 7.70. The normalized spacial score (nSPS) is 15.4. The van der Waals surface area contributed by atoms with E-state index in [2.05, 4.69) is 15.9 Å². The number of carbonyl (C=O) groups is 2. The molecule has 0 amide bonds. The van der Waals surface area contributed by atoms with E-state index in [1.807, 2.05) is 30.3 Å². The summed E-state index contributed by atoms with van der Waals surface area (Å²) in [5.41, 5.74) is 1.54. The van der Waals surface area contributed by atoms with Crippen molar-refractivity contribution in [3.63, 3.8) is 0 Å². The predicted molar refractivity (Wildman–Crippen MR) is 111 cm³/mol. The quantitative estimate of drug-likeness (QED) is 0.363. The molecule has 6 nitrogen and oxygen atoms in total. The Bertz CT molecular complexity index is 927. The molecule has 0 N–H and O–H groups in total. The molecule has 7 heteroatoms. The lowest BCUT2D eigenvalue weighted by atomic mass is 10.1. The van der Waals surface area contributed by atoms with E-state index in [-0.39, 0.29) is 5.57 Å². The van der Waals surface area contributed by atoms with Gasteiger partial charge in [-0.15, -0.1) is 0 Å².